The average molecular weight is 719 g/mol. The fraction of sp³-hybridized carbons (Fsp3) is 0. The van der Waals surface area contributed by atoms with Crippen molar-refractivity contribution in [3.05, 3.63) is 182 Å². The van der Waals surface area contributed by atoms with Gasteiger partial charge < -0.3 is 0 Å². The molecule has 250 valence electrons. The molecule has 12 aromatic rings. The van der Waals surface area contributed by atoms with Crippen LogP contribution in [0.5, 0.6) is 0 Å². The highest BCUT2D eigenvalue weighted by Crippen LogP contribution is 2.48. The molecule has 0 aliphatic rings. The Morgan fingerprint density at radius 1 is 0.259 bits per heavy atom. The first-order chi connectivity index (χ1) is 26.8. The van der Waals surface area contributed by atoms with Gasteiger partial charge in [-0.25, -0.2) is 0 Å². The van der Waals surface area contributed by atoms with E-state index in [0.717, 1.165) is 0 Å². The molecule has 0 N–H and O–H groups in total. The number of rotatable bonds is 3. The molecule has 10 aromatic carbocycles. The lowest BCUT2D eigenvalue weighted by Gasteiger charge is -2.18. The van der Waals surface area contributed by atoms with Crippen molar-refractivity contribution < 1.29 is 0 Å². The number of hydrogen-bond acceptors (Lipinski definition) is 2. The molecular weight excluding hydrogens is 689 g/mol. The van der Waals surface area contributed by atoms with Gasteiger partial charge in [0.05, 0.1) is 0 Å². The zero-order chi connectivity index (χ0) is 35.3. The summed E-state index contributed by atoms with van der Waals surface area (Å²) in [6.45, 7) is 0. The van der Waals surface area contributed by atoms with E-state index in [1.165, 1.54) is 117 Å². The fourth-order valence-corrected chi connectivity index (χ4v) is 11.4. The molecule has 0 bridgehead atoms. The van der Waals surface area contributed by atoms with Gasteiger partial charge in [-0.3, -0.25) is 0 Å². The Hall–Kier alpha value is -6.32. The molecule has 0 saturated heterocycles. The van der Waals surface area contributed by atoms with Gasteiger partial charge in [0.2, 0.25) is 0 Å². The number of fused-ring (bicyclic) bond motifs is 11. The van der Waals surface area contributed by atoms with Gasteiger partial charge >= 0.3 is 0 Å². The Kier molecular flexibility index (Phi) is 6.48. The Labute approximate surface area is 319 Å². The lowest BCUT2D eigenvalue weighted by atomic mass is 9.85. The minimum Gasteiger partial charge on any atom is -0.135 e. The molecular formula is C52H30S2. The van der Waals surface area contributed by atoms with E-state index >= 15 is 0 Å². The van der Waals surface area contributed by atoms with Gasteiger partial charge in [0, 0.05) is 45.7 Å². The topological polar surface area (TPSA) is 0 Å². The van der Waals surface area contributed by atoms with E-state index in [2.05, 4.69) is 182 Å². The Balaban J connectivity index is 1.10. The van der Waals surface area contributed by atoms with E-state index in [-0.39, 0.29) is 0 Å². The lowest BCUT2D eigenvalue weighted by molar-refractivity contribution is 1.64. The highest BCUT2D eigenvalue weighted by Gasteiger charge is 2.19. The van der Waals surface area contributed by atoms with Crippen LogP contribution < -0.4 is 0 Å². The summed E-state index contributed by atoms with van der Waals surface area (Å²) in [7, 11) is 0. The molecule has 0 saturated carbocycles. The molecule has 54 heavy (non-hydrogen) atoms. The maximum absolute atomic E-state index is 2.47. The van der Waals surface area contributed by atoms with Crippen molar-refractivity contribution in [1.82, 2.24) is 0 Å². The van der Waals surface area contributed by atoms with Crippen LogP contribution in [0, 0.1) is 0 Å². The third-order valence-electron chi connectivity index (χ3n) is 11.4. The summed E-state index contributed by atoms with van der Waals surface area (Å²) in [6.07, 6.45) is 0. The van der Waals surface area contributed by atoms with Crippen molar-refractivity contribution in [2.24, 2.45) is 0 Å². The van der Waals surface area contributed by atoms with Crippen molar-refractivity contribution in [1.29, 1.82) is 0 Å². The molecule has 0 fully saturated rings. The molecule has 0 amide bonds. The van der Waals surface area contributed by atoms with Crippen molar-refractivity contribution >= 4 is 106 Å². The van der Waals surface area contributed by atoms with Crippen molar-refractivity contribution in [3.63, 3.8) is 0 Å². The predicted molar refractivity (Wildman–Crippen MR) is 239 cm³/mol. The summed E-state index contributed by atoms with van der Waals surface area (Å²) in [5, 5.41) is 15.6. The fourth-order valence-electron chi connectivity index (χ4n) is 8.99. The maximum Gasteiger partial charge on any atom is 0.0434 e. The van der Waals surface area contributed by atoms with Gasteiger partial charge in [0.1, 0.15) is 0 Å². The van der Waals surface area contributed by atoms with E-state index in [1.54, 1.807) is 0 Å². The summed E-state index contributed by atoms with van der Waals surface area (Å²) < 4.78 is 5.42. The summed E-state index contributed by atoms with van der Waals surface area (Å²) in [6, 6.07) is 67.9. The average Bonchev–Trinajstić information content (AvgIpc) is 3.78. The summed E-state index contributed by atoms with van der Waals surface area (Å²) in [5.74, 6) is 0. The van der Waals surface area contributed by atoms with Gasteiger partial charge in [-0.1, -0.05) is 146 Å². The van der Waals surface area contributed by atoms with E-state index < -0.39 is 0 Å². The van der Waals surface area contributed by atoms with Crippen LogP contribution >= 0.6 is 22.7 Å². The second-order valence-electron chi connectivity index (χ2n) is 14.4. The van der Waals surface area contributed by atoms with Crippen molar-refractivity contribution in [3.8, 4) is 33.4 Å². The van der Waals surface area contributed by atoms with E-state index in [4.69, 9.17) is 0 Å². The van der Waals surface area contributed by atoms with E-state index in [1.807, 2.05) is 22.7 Å². The first kappa shape index (κ1) is 30.2. The van der Waals surface area contributed by atoms with Crippen LogP contribution in [0.4, 0.5) is 0 Å². The van der Waals surface area contributed by atoms with E-state index in [9.17, 15) is 0 Å². The normalized spacial score (nSPS) is 12.1. The molecule has 0 unspecified atom stereocenters. The molecule has 2 aromatic heterocycles. The predicted octanol–water partition coefficient (Wildman–Crippen LogP) is 16.0. The molecule has 0 aliphatic heterocycles. The minimum atomic E-state index is 1.23. The van der Waals surface area contributed by atoms with Crippen LogP contribution in [-0.4, -0.2) is 0 Å². The highest BCUT2D eigenvalue weighted by molar-refractivity contribution is 7.28. The molecule has 0 atom stereocenters. The highest BCUT2D eigenvalue weighted by atomic mass is 32.1. The molecule has 2 heterocycles. The molecule has 0 spiro atoms. The zero-order valence-corrected chi connectivity index (χ0v) is 30.8. The van der Waals surface area contributed by atoms with Gasteiger partial charge in [-0.2, -0.15) is 0 Å². The smallest absolute Gasteiger partial charge is 0.0434 e. The van der Waals surface area contributed by atoms with Gasteiger partial charge in [0.25, 0.3) is 0 Å². The number of thiophene rings is 2. The summed E-state index contributed by atoms with van der Waals surface area (Å²) >= 11 is 3.83. The Bertz CT molecular complexity index is 3450. The standard InChI is InChI=1S/C52H30S2/c1-2-13-32-26-35(25-24-31(32)12-1)51-40-20-6-4-18-38(40)50(39-19-5-7-21-41(39)51)34-15-11-14-33(27-34)43-28-46-45-30-48-44(37-17-9-10-23-47(37)53-48)29-49(45)54-52(46)42-22-8-3-16-36(42)43/h1-30H. The Morgan fingerprint density at radius 3 is 1.52 bits per heavy atom. The maximum atomic E-state index is 2.47. The first-order valence-electron chi connectivity index (χ1n) is 18.5. The third-order valence-corrected chi connectivity index (χ3v) is 13.7. The van der Waals surface area contributed by atoms with Crippen LogP contribution in [0.15, 0.2) is 182 Å². The van der Waals surface area contributed by atoms with Crippen LogP contribution in [0.1, 0.15) is 0 Å². The second kappa shape index (κ2) is 11.6. The summed E-state index contributed by atoms with van der Waals surface area (Å²) in [5.41, 5.74) is 7.57. The van der Waals surface area contributed by atoms with Gasteiger partial charge in [0.15, 0.2) is 0 Å². The molecule has 12 rings (SSSR count). The van der Waals surface area contributed by atoms with Crippen molar-refractivity contribution in [2.45, 2.75) is 0 Å². The largest absolute Gasteiger partial charge is 0.135 e. The quantitative estimate of drug-likeness (QED) is 0.160. The second-order valence-corrected chi connectivity index (χ2v) is 16.5. The SMILES string of the molecule is c1cc(-c2c3ccccc3c(-c3ccc4ccccc4c3)c3ccccc23)cc(-c2cc3c4cc5sc6ccccc6c5cc4sc3c3ccccc23)c1. The monoisotopic (exact) mass is 718 g/mol. The van der Waals surface area contributed by atoms with Crippen LogP contribution in [0.2, 0.25) is 0 Å². The van der Waals surface area contributed by atoms with Crippen molar-refractivity contribution in [2.75, 3.05) is 0 Å². The zero-order valence-electron chi connectivity index (χ0n) is 29.1. The third kappa shape index (κ3) is 4.42. The number of hydrogen-bond donors (Lipinski definition) is 0. The Morgan fingerprint density at radius 2 is 0.796 bits per heavy atom. The lowest BCUT2D eigenvalue weighted by Crippen LogP contribution is -1.91. The molecule has 0 radical (unpaired) electrons. The molecule has 2 heteroatoms. The number of benzene rings is 10. The van der Waals surface area contributed by atoms with Crippen LogP contribution in [0.3, 0.4) is 0 Å². The summed E-state index contributed by atoms with van der Waals surface area (Å²) in [4.78, 5) is 0. The van der Waals surface area contributed by atoms with E-state index in [0.29, 0.717) is 0 Å². The molecule has 0 nitrogen and oxygen atoms in total. The van der Waals surface area contributed by atoms with Crippen LogP contribution in [0.25, 0.3) is 117 Å². The van der Waals surface area contributed by atoms with Gasteiger partial charge in [-0.15, -0.1) is 22.7 Å². The minimum absolute atomic E-state index is 1.23. The van der Waals surface area contributed by atoms with Gasteiger partial charge in [-0.05, 0) is 107 Å². The first-order valence-corrected chi connectivity index (χ1v) is 20.1. The van der Waals surface area contributed by atoms with Crippen LogP contribution in [-0.2, 0) is 0 Å². The molecule has 0 aliphatic carbocycles.